The van der Waals surface area contributed by atoms with Crippen molar-refractivity contribution in [1.82, 2.24) is 0 Å². The molecule has 0 amide bonds. The second-order valence-corrected chi connectivity index (χ2v) is 4.83. The number of benzene rings is 1. The lowest BCUT2D eigenvalue weighted by molar-refractivity contribution is -0.479. The summed E-state index contributed by atoms with van der Waals surface area (Å²) in [5, 5.41) is 16.3. The van der Waals surface area contributed by atoms with E-state index in [0.717, 1.165) is 11.1 Å². The molecular weight excluding hydrogens is 264 g/mol. The first-order valence-corrected chi connectivity index (χ1v) is 6.32. The summed E-state index contributed by atoms with van der Waals surface area (Å²) in [5.74, 6) is -0.141. The highest BCUT2D eigenvalue weighted by Gasteiger charge is 2.14. The van der Waals surface area contributed by atoms with E-state index in [1.807, 2.05) is 19.1 Å². The normalized spacial score (nSPS) is 14.9. The Kier molecular flexibility index (Phi) is 5.24. The van der Waals surface area contributed by atoms with Crippen LogP contribution in [0.25, 0.3) is 5.57 Å². The minimum absolute atomic E-state index is 0.141. The fourth-order valence-electron chi connectivity index (χ4n) is 1.38. The predicted octanol–water partition coefficient (Wildman–Crippen LogP) is 4.03. The van der Waals surface area contributed by atoms with E-state index in [9.17, 15) is 10.0 Å². The first kappa shape index (κ1) is 15.4. The molecule has 0 fully saturated rings. The molecule has 0 aliphatic carbocycles. The maximum Gasteiger partial charge on any atom is 0.221 e. The molecule has 0 saturated carbocycles. The average Bonchev–Trinajstić information content (AvgIpc) is 2.37. The summed E-state index contributed by atoms with van der Waals surface area (Å²) in [4.78, 5) is 11.6. The lowest BCUT2D eigenvalue weighted by Gasteiger charge is -2.07. The van der Waals surface area contributed by atoms with Gasteiger partial charge in [-0.3, -0.25) is 4.79 Å². The van der Waals surface area contributed by atoms with Crippen LogP contribution in [0.5, 0.6) is 0 Å². The highest BCUT2D eigenvalue weighted by molar-refractivity contribution is 6.30. The highest BCUT2D eigenvalue weighted by Crippen LogP contribution is 2.21. The van der Waals surface area contributed by atoms with Crippen LogP contribution in [-0.4, -0.2) is 16.7 Å². The Labute approximate surface area is 118 Å². The van der Waals surface area contributed by atoms with Crippen molar-refractivity contribution in [3.05, 3.63) is 45.8 Å². The third-order valence-electron chi connectivity index (χ3n) is 2.97. The van der Waals surface area contributed by atoms with Crippen LogP contribution in [0.1, 0.15) is 33.3 Å². The molecule has 0 aliphatic rings. The van der Waals surface area contributed by atoms with Crippen molar-refractivity contribution in [3.8, 4) is 0 Å². The van der Waals surface area contributed by atoms with Gasteiger partial charge in [0.15, 0.2) is 11.8 Å². The number of Topliss-reactive ketones (excluding diaryl/α,β-unsaturated/α-hetero) is 1. The number of hydrogen-bond donors (Lipinski definition) is 0. The number of nitrogens with zero attached hydrogens (tertiary/aromatic N) is 2. The third-order valence-corrected chi connectivity index (χ3v) is 3.23. The maximum atomic E-state index is 11.9. The van der Waals surface area contributed by atoms with E-state index >= 15 is 0 Å². The zero-order valence-corrected chi connectivity index (χ0v) is 12.2. The molecule has 1 aromatic rings. The Bertz CT molecular complexity index is 533. The summed E-state index contributed by atoms with van der Waals surface area (Å²) in [6.45, 7) is 6.51. The van der Waals surface area contributed by atoms with Crippen LogP contribution >= 0.6 is 11.6 Å². The van der Waals surface area contributed by atoms with Crippen LogP contribution in [0, 0.1) is 5.21 Å². The average molecular weight is 281 g/mol. The molecule has 0 unspecified atom stereocenters. The van der Waals surface area contributed by atoms with Crippen molar-refractivity contribution in [2.45, 2.75) is 33.7 Å². The van der Waals surface area contributed by atoms with Crippen molar-refractivity contribution < 1.29 is 9.66 Å². The lowest BCUT2D eigenvalue weighted by Crippen LogP contribution is -2.14. The first-order chi connectivity index (χ1) is 8.82. The van der Waals surface area contributed by atoms with Crippen LogP contribution in [0.2, 0.25) is 5.02 Å². The number of hydroxylamine groups is 1. The van der Waals surface area contributed by atoms with Crippen LogP contribution in [-0.2, 0) is 4.79 Å². The second-order valence-electron chi connectivity index (χ2n) is 4.39. The fourth-order valence-corrected chi connectivity index (χ4v) is 1.50. The monoisotopic (exact) mass is 280 g/mol. The molecule has 0 N–H and O–H groups in total. The van der Waals surface area contributed by atoms with Crippen LogP contribution in [0.3, 0.4) is 0 Å². The Morgan fingerprint density at radius 3 is 2.26 bits per heavy atom. The second kappa shape index (κ2) is 6.48. The molecular formula is C14H17ClN2O2. The van der Waals surface area contributed by atoms with Crippen molar-refractivity contribution in [3.63, 3.8) is 0 Å². The van der Waals surface area contributed by atoms with Gasteiger partial charge in [0, 0.05) is 17.5 Å². The van der Waals surface area contributed by atoms with Crippen molar-refractivity contribution >= 4 is 23.0 Å². The summed E-state index contributed by atoms with van der Waals surface area (Å²) in [6.07, 6.45) is 0. The Balaban J connectivity index is 3.08. The van der Waals surface area contributed by atoms with Gasteiger partial charge in [0.25, 0.3) is 0 Å². The quantitative estimate of drug-likeness (QED) is 0.475. The van der Waals surface area contributed by atoms with E-state index in [4.69, 9.17) is 11.6 Å². The van der Waals surface area contributed by atoms with Gasteiger partial charge in [0.1, 0.15) is 0 Å². The number of allylic oxidation sites excluding steroid dienone is 2. The SMILES string of the molecule is CC(=O)[C@H](C)N=[N+]([O-])/C(C)=C(\C)c1ccc(Cl)cc1. The number of hydrogen-bond acceptors (Lipinski definition) is 3. The van der Waals surface area contributed by atoms with Crippen LogP contribution in [0.15, 0.2) is 35.1 Å². The maximum absolute atomic E-state index is 11.9. The molecule has 1 aromatic carbocycles. The zero-order chi connectivity index (χ0) is 14.6. The van der Waals surface area contributed by atoms with E-state index in [0.29, 0.717) is 15.6 Å². The standard InChI is InChI=1S/C14H17ClN2O2/c1-9(13-5-7-14(15)8-6-13)11(3)17(19)16-10(2)12(4)18/h5-8,10H,1-4H3/b11-9+,17-16?/t10-/m0/s1. The van der Waals surface area contributed by atoms with E-state index in [-0.39, 0.29) is 5.78 Å². The van der Waals surface area contributed by atoms with Gasteiger partial charge < -0.3 is 5.21 Å². The summed E-state index contributed by atoms with van der Waals surface area (Å²) < 4.78 is 0. The Hall–Kier alpha value is -1.68. The van der Waals surface area contributed by atoms with Gasteiger partial charge in [0.05, 0.1) is 0 Å². The van der Waals surface area contributed by atoms with Gasteiger partial charge in [-0.2, -0.15) is 0 Å². The number of halogens is 1. The van der Waals surface area contributed by atoms with Gasteiger partial charge in [-0.05, 0) is 43.6 Å². The highest BCUT2D eigenvalue weighted by atomic mass is 35.5. The fraction of sp³-hybridized carbons (Fsp3) is 0.357. The summed E-state index contributed by atoms with van der Waals surface area (Å²) >= 11 is 5.82. The minimum Gasteiger partial charge on any atom is -0.594 e. The molecule has 1 atom stereocenters. The number of azo groups is 1. The Morgan fingerprint density at radius 2 is 1.79 bits per heavy atom. The molecule has 19 heavy (non-hydrogen) atoms. The molecule has 102 valence electrons. The summed E-state index contributed by atoms with van der Waals surface area (Å²) in [5.41, 5.74) is 2.15. The van der Waals surface area contributed by atoms with Crippen molar-refractivity contribution in [2.75, 3.05) is 0 Å². The summed E-state index contributed by atoms with van der Waals surface area (Å²) in [7, 11) is 0. The van der Waals surface area contributed by atoms with Gasteiger partial charge in [0.2, 0.25) is 5.70 Å². The minimum atomic E-state index is -0.634. The molecule has 0 bridgehead atoms. The number of rotatable bonds is 4. The van der Waals surface area contributed by atoms with E-state index in [1.54, 1.807) is 26.0 Å². The zero-order valence-electron chi connectivity index (χ0n) is 11.5. The smallest absolute Gasteiger partial charge is 0.221 e. The lowest BCUT2D eigenvalue weighted by atomic mass is 10.1. The molecule has 0 aromatic heterocycles. The van der Waals surface area contributed by atoms with Crippen LogP contribution in [0.4, 0.5) is 0 Å². The van der Waals surface area contributed by atoms with Crippen molar-refractivity contribution in [1.29, 1.82) is 0 Å². The molecule has 4 nitrogen and oxygen atoms in total. The topological polar surface area (TPSA) is 55.5 Å². The number of carbonyl (C=O) groups is 1. The number of ketones is 1. The molecule has 0 spiro atoms. The number of carbonyl (C=O) groups excluding carboxylic acids is 1. The van der Waals surface area contributed by atoms with E-state index in [2.05, 4.69) is 5.11 Å². The van der Waals surface area contributed by atoms with Crippen LogP contribution < -0.4 is 0 Å². The molecule has 0 aliphatic heterocycles. The molecule has 0 heterocycles. The molecule has 5 heteroatoms. The van der Waals surface area contributed by atoms with E-state index < -0.39 is 6.04 Å². The van der Waals surface area contributed by atoms with Gasteiger partial charge in [-0.1, -0.05) is 28.6 Å². The van der Waals surface area contributed by atoms with Gasteiger partial charge >= 0.3 is 0 Å². The molecule has 1 rings (SSSR count). The van der Waals surface area contributed by atoms with Gasteiger partial charge in [-0.15, -0.1) is 0 Å². The first-order valence-electron chi connectivity index (χ1n) is 5.94. The van der Waals surface area contributed by atoms with E-state index in [1.165, 1.54) is 6.92 Å². The Morgan fingerprint density at radius 1 is 1.26 bits per heavy atom. The largest absolute Gasteiger partial charge is 0.594 e. The molecule has 0 radical (unpaired) electrons. The third kappa shape index (κ3) is 4.17. The molecule has 0 saturated heterocycles. The van der Waals surface area contributed by atoms with Crippen molar-refractivity contribution in [2.24, 2.45) is 5.11 Å². The predicted molar refractivity (Wildman–Crippen MR) is 75.9 cm³/mol. The van der Waals surface area contributed by atoms with Gasteiger partial charge in [-0.25, -0.2) is 0 Å². The summed E-state index contributed by atoms with van der Waals surface area (Å²) in [6, 6.07) is 6.56.